The summed E-state index contributed by atoms with van der Waals surface area (Å²) in [4.78, 5) is 0.123. The smallest absolute Gasteiger partial charge is 0.207 e. The van der Waals surface area contributed by atoms with Crippen molar-refractivity contribution in [2.45, 2.75) is 31.2 Å². The molecule has 0 fully saturated rings. The fourth-order valence-electron chi connectivity index (χ4n) is 1.42. The highest BCUT2D eigenvalue weighted by Gasteiger charge is 2.20. The van der Waals surface area contributed by atoms with Gasteiger partial charge in [-0.25, -0.2) is 17.5 Å². The molecule has 0 amide bonds. The molecule has 96 valence electrons. The summed E-state index contributed by atoms with van der Waals surface area (Å²) in [5, 5.41) is 0.545. The Bertz CT molecular complexity index is 486. The predicted molar refractivity (Wildman–Crippen MR) is 69.3 cm³/mol. The van der Waals surface area contributed by atoms with E-state index in [4.69, 9.17) is 0 Å². The van der Waals surface area contributed by atoms with Crippen molar-refractivity contribution in [3.63, 3.8) is 0 Å². The molecule has 0 heterocycles. The zero-order chi connectivity index (χ0) is 13.1. The van der Waals surface area contributed by atoms with Crippen LogP contribution in [-0.4, -0.2) is 19.8 Å². The molecule has 1 N–H and O–H groups in total. The second kappa shape index (κ2) is 5.93. The Kier molecular flexibility index (Phi) is 5.09. The van der Waals surface area contributed by atoms with Crippen LogP contribution >= 0.6 is 15.9 Å². The highest BCUT2D eigenvalue weighted by molar-refractivity contribution is 9.09. The van der Waals surface area contributed by atoms with Crippen LogP contribution in [0.15, 0.2) is 23.1 Å². The van der Waals surface area contributed by atoms with Crippen molar-refractivity contribution < 1.29 is 12.8 Å². The van der Waals surface area contributed by atoms with E-state index >= 15 is 0 Å². The Balaban J connectivity index is 3.05. The topological polar surface area (TPSA) is 46.2 Å². The van der Waals surface area contributed by atoms with E-state index in [0.717, 1.165) is 6.07 Å². The van der Waals surface area contributed by atoms with Gasteiger partial charge in [0.1, 0.15) is 5.82 Å². The van der Waals surface area contributed by atoms with Crippen LogP contribution in [-0.2, 0) is 10.0 Å². The van der Waals surface area contributed by atoms with Gasteiger partial charge in [-0.1, -0.05) is 22.9 Å². The summed E-state index contributed by atoms with van der Waals surface area (Å²) >= 11 is 3.24. The largest absolute Gasteiger partial charge is 0.241 e. The molecular weight excluding hydrogens is 309 g/mol. The normalized spacial score (nSPS) is 13.6. The van der Waals surface area contributed by atoms with Crippen molar-refractivity contribution in [1.29, 1.82) is 0 Å². The minimum Gasteiger partial charge on any atom is -0.207 e. The third-order valence-electron chi connectivity index (χ3n) is 2.43. The molecule has 0 aromatic heterocycles. The lowest BCUT2D eigenvalue weighted by Gasteiger charge is -2.15. The Morgan fingerprint density at radius 2 is 2.12 bits per heavy atom. The minimum absolute atomic E-state index is 0.123. The molecule has 0 bridgehead atoms. The molecule has 0 radical (unpaired) electrons. The molecule has 0 saturated carbocycles. The number of hydrogen-bond donors (Lipinski definition) is 1. The van der Waals surface area contributed by atoms with Gasteiger partial charge in [-0.05, 0) is 37.1 Å². The van der Waals surface area contributed by atoms with Crippen LogP contribution in [0.1, 0.15) is 18.9 Å². The minimum atomic E-state index is -3.58. The van der Waals surface area contributed by atoms with Gasteiger partial charge in [0, 0.05) is 11.4 Å². The molecule has 1 aromatic rings. The van der Waals surface area contributed by atoms with Gasteiger partial charge >= 0.3 is 0 Å². The number of halogens is 2. The van der Waals surface area contributed by atoms with E-state index in [0.29, 0.717) is 17.3 Å². The highest BCUT2D eigenvalue weighted by atomic mass is 79.9. The fraction of sp³-hybridized carbons (Fsp3) is 0.455. The molecule has 0 saturated heterocycles. The van der Waals surface area contributed by atoms with E-state index < -0.39 is 15.8 Å². The Hall–Kier alpha value is -0.460. The fourth-order valence-corrected chi connectivity index (χ4v) is 3.80. The van der Waals surface area contributed by atoms with E-state index in [1.165, 1.54) is 12.1 Å². The van der Waals surface area contributed by atoms with Crippen LogP contribution < -0.4 is 4.72 Å². The third kappa shape index (κ3) is 3.76. The molecule has 1 aromatic carbocycles. The van der Waals surface area contributed by atoms with Gasteiger partial charge in [0.25, 0.3) is 0 Å². The number of aryl methyl sites for hydroxylation is 1. The standard InChI is InChI=1S/C11H15BrFNO2S/c1-3-10(7-12)14-17(15,16)11-5-4-9(13)6-8(11)2/h4-6,10,14H,3,7H2,1-2H3. The van der Waals surface area contributed by atoms with Crippen LogP contribution in [0.5, 0.6) is 0 Å². The van der Waals surface area contributed by atoms with E-state index in [-0.39, 0.29) is 10.9 Å². The quantitative estimate of drug-likeness (QED) is 0.846. The number of nitrogens with one attached hydrogen (secondary N) is 1. The van der Waals surface area contributed by atoms with Gasteiger partial charge in [-0.3, -0.25) is 0 Å². The lowest BCUT2D eigenvalue weighted by Crippen LogP contribution is -2.35. The highest BCUT2D eigenvalue weighted by Crippen LogP contribution is 2.17. The van der Waals surface area contributed by atoms with Gasteiger partial charge in [-0.15, -0.1) is 0 Å². The summed E-state index contributed by atoms with van der Waals surface area (Å²) < 4.78 is 39.6. The molecule has 17 heavy (non-hydrogen) atoms. The number of benzene rings is 1. The molecule has 0 aliphatic carbocycles. The van der Waals surface area contributed by atoms with Crippen molar-refractivity contribution in [2.24, 2.45) is 0 Å². The second-order valence-electron chi connectivity index (χ2n) is 3.79. The predicted octanol–water partition coefficient (Wildman–Crippen LogP) is 2.59. The summed E-state index contributed by atoms with van der Waals surface area (Å²) in [5.74, 6) is -0.436. The Morgan fingerprint density at radius 3 is 2.59 bits per heavy atom. The summed E-state index contributed by atoms with van der Waals surface area (Å²) in [6.45, 7) is 3.47. The maximum Gasteiger partial charge on any atom is 0.241 e. The van der Waals surface area contributed by atoms with E-state index in [2.05, 4.69) is 20.7 Å². The number of sulfonamides is 1. The van der Waals surface area contributed by atoms with Crippen molar-refractivity contribution in [3.05, 3.63) is 29.6 Å². The molecule has 1 atom stereocenters. The first-order valence-corrected chi connectivity index (χ1v) is 7.85. The molecule has 0 aliphatic rings. The van der Waals surface area contributed by atoms with Gasteiger partial charge in [-0.2, -0.15) is 0 Å². The summed E-state index contributed by atoms with van der Waals surface area (Å²) in [6, 6.07) is 3.48. The second-order valence-corrected chi connectivity index (χ2v) is 6.12. The van der Waals surface area contributed by atoms with Gasteiger partial charge in [0.2, 0.25) is 10.0 Å². The molecule has 0 spiro atoms. The molecule has 1 unspecified atom stereocenters. The molecule has 6 heteroatoms. The summed E-state index contributed by atoms with van der Waals surface area (Å²) in [5.41, 5.74) is 0.405. The maximum atomic E-state index is 12.9. The third-order valence-corrected chi connectivity index (χ3v) is 4.89. The van der Waals surface area contributed by atoms with Crippen molar-refractivity contribution in [2.75, 3.05) is 5.33 Å². The van der Waals surface area contributed by atoms with Crippen molar-refractivity contribution in [1.82, 2.24) is 4.72 Å². The molecule has 1 rings (SSSR count). The van der Waals surface area contributed by atoms with Crippen LogP contribution in [0.2, 0.25) is 0 Å². The average Bonchev–Trinajstić information content (AvgIpc) is 2.25. The lowest BCUT2D eigenvalue weighted by atomic mass is 10.2. The number of hydrogen-bond acceptors (Lipinski definition) is 2. The van der Waals surface area contributed by atoms with Crippen molar-refractivity contribution >= 4 is 26.0 Å². The summed E-state index contributed by atoms with van der Waals surface area (Å²) in [6.07, 6.45) is 0.685. The lowest BCUT2D eigenvalue weighted by molar-refractivity contribution is 0.557. The monoisotopic (exact) mass is 323 g/mol. The van der Waals surface area contributed by atoms with Crippen LogP contribution in [0.25, 0.3) is 0 Å². The van der Waals surface area contributed by atoms with E-state index in [1.54, 1.807) is 6.92 Å². The van der Waals surface area contributed by atoms with Crippen LogP contribution in [0.3, 0.4) is 0 Å². The summed E-state index contributed by atoms with van der Waals surface area (Å²) in [7, 11) is -3.58. The first kappa shape index (κ1) is 14.6. The number of rotatable bonds is 5. The Morgan fingerprint density at radius 1 is 1.47 bits per heavy atom. The van der Waals surface area contributed by atoms with E-state index in [9.17, 15) is 12.8 Å². The van der Waals surface area contributed by atoms with Gasteiger partial charge in [0.05, 0.1) is 4.90 Å². The molecular formula is C11H15BrFNO2S. The molecule has 0 aliphatic heterocycles. The first-order chi connectivity index (χ1) is 7.90. The van der Waals surface area contributed by atoms with E-state index in [1.807, 2.05) is 6.92 Å². The SMILES string of the molecule is CCC(CBr)NS(=O)(=O)c1ccc(F)cc1C. The van der Waals surface area contributed by atoms with Crippen molar-refractivity contribution in [3.8, 4) is 0 Å². The average molecular weight is 324 g/mol. The van der Waals surface area contributed by atoms with Gasteiger partial charge in [0.15, 0.2) is 0 Å². The zero-order valence-corrected chi connectivity index (χ0v) is 12.1. The molecule has 3 nitrogen and oxygen atoms in total. The van der Waals surface area contributed by atoms with Crippen LogP contribution in [0.4, 0.5) is 4.39 Å². The Labute approximate surface area is 110 Å². The zero-order valence-electron chi connectivity index (χ0n) is 9.70. The van der Waals surface area contributed by atoms with Gasteiger partial charge < -0.3 is 0 Å². The van der Waals surface area contributed by atoms with Crippen LogP contribution in [0, 0.1) is 12.7 Å². The maximum absolute atomic E-state index is 12.9. The number of alkyl halides is 1. The first-order valence-electron chi connectivity index (χ1n) is 5.25.